The summed E-state index contributed by atoms with van der Waals surface area (Å²) in [6.45, 7) is 1.34. The van der Waals surface area contributed by atoms with Gasteiger partial charge in [-0.15, -0.1) is 0 Å². The minimum Gasteiger partial charge on any atom is -0.484 e. The zero-order valence-electron chi connectivity index (χ0n) is 13.6. The fraction of sp³-hybridized carbons (Fsp3) is 0.176. The Balaban J connectivity index is 1.91. The van der Waals surface area contributed by atoms with E-state index in [0.29, 0.717) is 22.6 Å². The van der Waals surface area contributed by atoms with Crippen LogP contribution in [0.4, 0.5) is 11.4 Å². The van der Waals surface area contributed by atoms with Crippen molar-refractivity contribution in [1.29, 1.82) is 0 Å². The fourth-order valence-corrected chi connectivity index (χ4v) is 2.08. The molecule has 25 heavy (non-hydrogen) atoms. The lowest BCUT2D eigenvalue weighted by atomic mass is 10.2. The molecule has 0 radical (unpaired) electrons. The molecule has 0 atom stereocenters. The summed E-state index contributed by atoms with van der Waals surface area (Å²) in [7, 11) is 1.29. The van der Waals surface area contributed by atoms with Crippen molar-refractivity contribution >= 4 is 23.3 Å². The topological polar surface area (TPSA) is 108 Å². The van der Waals surface area contributed by atoms with Gasteiger partial charge in [0.2, 0.25) is 0 Å². The van der Waals surface area contributed by atoms with Crippen molar-refractivity contribution in [2.24, 2.45) is 0 Å². The summed E-state index contributed by atoms with van der Waals surface area (Å²) in [5.41, 5.74) is 1.31. The lowest BCUT2D eigenvalue weighted by Crippen LogP contribution is -2.20. The van der Waals surface area contributed by atoms with E-state index in [1.165, 1.54) is 37.4 Å². The Morgan fingerprint density at radius 3 is 2.40 bits per heavy atom. The summed E-state index contributed by atoms with van der Waals surface area (Å²) >= 11 is 0. The Hall–Kier alpha value is -3.42. The Bertz CT molecular complexity index is 801. The molecule has 0 unspecified atom stereocenters. The standard InChI is InChI=1S/C17H16N2O6/c1-11-9-14(7-8-15(11)19(22)23)25-10-16(20)18-13-5-3-12(4-6-13)17(21)24-2/h3-9H,10H2,1-2H3,(H,18,20). The molecule has 2 aromatic carbocycles. The van der Waals surface area contributed by atoms with Crippen molar-refractivity contribution in [3.05, 3.63) is 63.7 Å². The van der Waals surface area contributed by atoms with Crippen LogP contribution < -0.4 is 10.1 Å². The molecule has 0 saturated carbocycles. The third-order valence-electron chi connectivity index (χ3n) is 3.32. The first-order chi connectivity index (χ1) is 11.9. The second-order valence-corrected chi connectivity index (χ2v) is 5.11. The number of anilines is 1. The molecule has 0 fully saturated rings. The number of aryl methyl sites for hydroxylation is 1. The number of hydrogen-bond donors (Lipinski definition) is 1. The smallest absolute Gasteiger partial charge is 0.337 e. The van der Waals surface area contributed by atoms with E-state index in [4.69, 9.17) is 4.74 Å². The zero-order valence-corrected chi connectivity index (χ0v) is 13.6. The average molecular weight is 344 g/mol. The lowest BCUT2D eigenvalue weighted by molar-refractivity contribution is -0.385. The van der Waals surface area contributed by atoms with E-state index in [2.05, 4.69) is 10.1 Å². The molecule has 130 valence electrons. The van der Waals surface area contributed by atoms with Crippen molar-refractivity contribution in [1.82, 2.24) is 0 Å². The third-order valence-corrected chi connectivity index (χ3v) is 3.32. The molecule has 0 aliphatic rings. The number of carbonyl (C=O) groups excluding carboxylic acids is 2. The third kappa shape index (κ3) is 4.77. The highest BCUT2D eigenvalue weighted by Gasteiger charge is 2.12. The van der Waals surface area contributed by atoms with Crippen LogP contribution in [0.3, 0.4) is 0 Å². The summed E-state index contributed by atoms with van der Waals surface area (Å²) in [6.07, 6.45) is 0. The Morgan fingerprint density at radius 2 is 1.84 bits per heavy atom. The van der Waals surface area contributed by atoms with Gasteiger partial charge in [0.15, 0.2) is 6.61 Å². The predicted molar refractivity (Wildman–Crippen MR) is 89.7 cm³/mol. The number of benzene rings is 2. The molecular formula is C17H16N2O6. The Morgan fingerprint density at radius 1 is 1.16 bits per heavy atom. The number of methoxy groups -OCH3 is 1. The van der Waals surface area contributed by atoms with Crippen LogP contribution in [0.2, 0.25) is 0 Å². The highest BCUT2D eigenvalue weighted by Crippen LogP contribution is 2.23. The number of rotatable bonds is 6. The molecule has 0 aliphatic carbocycles. The van der Waals surface area contributed by atoms with Crippen LogP contribution in [0.5, 0.6) is 5.75 Å². The molecule has 2 rings (SSSR count). The largest absolute Gasteiger partial charge is 0.484 e. The minimum atomic E-state index is -0.482. The van der Waals surface area contributed by atoms with Crippen LogP contribution in [-0.2, 0) is 9.53 Å². The van der Waals surface area contributed by atoms with Crippen molar-refractivity contribution in [2.75, 3.05) is 19.0 Å². The van der Waals surface area contributed by atoms with Gasteiger partial charge in [0.25, 0.3) is 11.6 Å². The summed E-state index contributed by atoms with van der Waals surface area (Å²) in [5.74, 6) is -0.504. The maximum atomic E-state index is 11.9. The van der Waals surface area contributed by atoms with Crippen LogP contribution in [0.1, 0.15) is 15.9 Å². The second-order valence-electron chi connectivity index (χ2n) is 5.11. The lowest BCUT2D eigenvalue weighted by Gasteiger charge is -2.08. The van der Waals surface area contributed by atoms with Gasteiger partial charge >= 0.3 is 5.97 Å². The molecular weight excluding hydrogens is 328 g/mol. The first-order valence-electron chi connectivity index (χ1n) is 7.27. The first kappa shape index (κ1) is 17.9. The van der Waals surface area contributed by atoms with Gasteiger partial charge in [-0.25, -0.2) is 4.79 Å². The van der Waals surface area contributed by atoms with Crippen LogP contribution in [0.25, 0.3) is 0 Å². The predicted octanol–water partition coefficient (Wildman–Crippen LogP) is 2.71. The number of nitrogens with zero attached hydrogens (tertiary/aromatic N) is 1. The number of hydrogen-bond acceptors (Lipinski definition) is 6. The molecule has 0 bridgehead atoms. The zero-order chi connectivity index (χ0) is 18.4. The quantitative estimate of drug-likeness (QED) is 0.490. The molecule has 0 aromatic heterocycles. The van der Waals surface area contributed by atoms with Crippen LogP contribution >= 0.6 is 0 Å². The van der Waals surface area contributed by atoms with Gasteiger partial charge < -0.3 is 14.8 Å². The molecule has 8 heteroatoms. The molecule has 8 nitrogen and oxygen atoms in total. The van der Waals surface area contributed by atoms with E-state index in [1.54, 1.807) is 19.1 Å². The SMILES string of the molecule is COC(=O)c1ccc(NC(=O)COc2ccc([N+](=O)[O-])c(C)c2)cc1. The van der Waals surface area contributed by atoms with Crippen LogP contribution in [0, 0.1) is 17.0 Å². The average Bonchev–Trinajstić information content (AvgIpc) is 2.59. The summed E-state index contributed by atoms with van der Waals surface area (Å²) in [6, 6.07) is 10.5. The molecule has 1 amide bonds. The molecule has 2 aromatic rings. The number of ether oxygens (including phenoxy) is 2. The monoisotopic (exact) mass is 344 g/mol. The van der Waals surface area contributed by atoms with E-state index < -0.39 is 16.8 Å². The summed E-state index contributed by atoms with van der Waals surface area (Å²) in [5, 5.41) is 13.4. The highest BCUT2D eigenvalue weighted by atomic mass is 16.6. The van der Waals surface area contributed by atoms with Crippen LogP contribution in [0.15, 0.2) is 42.5 Å². The molecule has 1 N–H and O–H groups in total. The van der Waals surface area contributed by atoms with Gasteiger partial charge in [-0.1, -0.05) is 0 Å². The van der Waals surface area contributed by atoms with Gasteiger partial charge in [0.1, 0.15) is 5.75 Å². The van der Waals surface area contributed by atoms with E-state index in [1.807, 2.05) is 0 Å². The van der Waals surface area contributed by atoms with E-state index >= 15 is 0 Å². The van der Waals surface area contributed by atoms with E-state index in [0.717, 1.165) is 0 Å². The molecule has 0 spiro atoms. The summed E-state index contributed by atoms with van der Waals surface area (Å²) < 4.78 is 9.92. The molecule has 0 saturated heterocycles. The van der Waals surface area contributed by atoms with Gasteiger partial charge in [0, 0.05) is 17.3 Å². The number of nitro groups is 1. The molecule has 0 heterocycles. The van der Waals surface area contributed by atoms with Crippen LogP contribution in [-0.4, -0.2) is 30.5 Å². The fourth-order valence-electron chi connectivity index (χ4n) is 2.08. The summed E-state index contributed by atoms with van der Waals surface area (Å²) in [4.78, 5) is 33.5. The van der Waals surface area contributed by atoms with Gasteiger partial charge in [-0.3, -0.25) is 14.9 Å². The second kappa shape index (κ2) is 7.91. The molecule has 0 aliphatic heterocycles. The van der Waals surface area contributed by atoms with Crippen molar-refractivity contribution < 1.29 is 24.0 Å². The number of nitrogens with one attached hydrogen (secondary N) is 1. The Labute approximate surface area is 143 Å². The Kier molecular flexibility index (Phi) is 5.67. The number of esters is 1. The van der Waals surface area contributed by atoms with E-state index in [9.17, 15) is 19.7 Å². The van der Waals surface area contributed by atoms with Gasteiger partial charge in [-0.05, 0) is 43.3 Å². The van der Waals surface area contributed by atoms with Gasteiger partial charge in [-0.2, -0.15) is 0 Å². The number of nitro benzene ring substituents is 1. The minimum absolute atomic E-state index is 0.0116. The maximum Gasteiger partial charge on any atom is 0.337 e. The maximum absolute atomic E-state index is 11.9. The van der Waals surface area contributed by atoms with E-state index in [-0.39, 0.29) is 12.3 Å². The van der Waals surface area contributed by atoms with Crippen molar-refractivity contribution in [3.63, 3.8) is 0 Å². The van der Waals surface area contributed by atoms with Gasteiger partial charge in [0.05, 0.1) is 17.6 Å². The van der Waals surface area contributed by atoms with Crippen molar-refractivity contribution in [2.45, 2.75) is 6.92 Å². The first-order valence-corrected chi connectivity index (χ1v) is 7.27. The van der Waals surface area contributed by atoms with Crippen molar-refractivity contribution in [3.8, 4) is 5.75 Å². The number of amides is 1. The highest BCUT2D eigenvalue weighted by molar-refractivity contribution is 5.93. The normalized spacial score (nSPS) is 10.0. The number of carbonyl (C=O) groups is 2.